The first kappa shape index (κ1) is 15.8. The van der Waals surface area contributed by atoms with Crippen LogP contribution in [-0.2, 0) is 12.8 Å². The Bertz CT molecular complexity index is 542. The molecule has 0 radical (unpaired) electrons. The van der Waals surface area contributed by atoms with Crippen molar-refractivity contribution < 1.29 is 0 Å². The molecular formula is C20H27N. The molecule has 0 aliphatic heterocycles. The fraction of sp³-hybridized carbons (Fsp3) is 0.400. The minimum absolute atomic E-state index is 0.648. The maximum atomic E-state index is 3.51. The van der Waals surface area contributed by atoms with Gasteiger partial charge in [-0.05, 0) is 56.8 Å². The standard InChI is InChI=1S/C20H27N/c1-4-21-15-20(13-18-10-8-16(2)9-11-18)14-19-7-5-6-17(3)12-19/h5-12,20-21H,4,13-15H2,1-3H3. The Balaban J connectivity index is 2.04. The van der Waals surface area contributed by atoms with Crippen LogP contribution in [0.4, 0.5) is 0 Å². The minimum Gasteiger partial charge on any atom is -0.317 e. The Morgan fingerprint density at radius 3 is 2.24 bits per heavy atom. The summed E-state index contributed by atoms with van der Waals surface area (Å²) in [7, 11) is 0. The normalized spacial score (nSPS) is 12.3. The van der Waals surface area contributed by atoms with E-state index in [1.54, 1.807) is 0 Å². The third kappa shape index (κ3) is 5.35. The first-order valence-electron chi connectivity index (χ1n) is 7.99. The van der Waals surface area contributed by atoms with Gasteiger partial charge < -0.3 is 5.32 Å². The molecule has 0 saturated heterocycles. The van der Waals surface area contributed by atoms with Crippen LogP contribution in [0.1, 0.15) is 29.2 Å². The lowest BCUT2D eigenvalue weighted by Crippen LogP contribution is -2.25. The largest absolute Gasteiger partial charge is 0.317 e. The molecule has 0 fully saturated rings. The molecule has 1 N–H and O–H groups in total. The number of nitrogens with one attached hydrogen (secondary N) is 1. The Kier molecular flexibility index (Phi) is 6.01. The third-order valence-electron chi connectivity index (χ3n) is 3.93. The zero-order valence-corrected chi connectivity index (χ0v) is 13.5. The second-order valence-electron chi connectivity index (χ2n) is 6.06. The molecule has 2 aromatic carbocycles. The molecule has 1 heteroatoms. The van der Waals surface area contributed by atoms with Crippen LogP contribution in [0.2, 0.25) is 0 Å². The molecule has 0 aliphatic carbocycles. The van der Waals surface area contributed by atoms with Gasteiger partial charge in [0.15, 0.2) is 0 Å². The minimum atomic E-state index is 0.648. The summed E-state index contributed by atoms with van der Waals surface area (Å²) in [4.78, 5) is 0. The van der Waals surface area contributed by atoms with E-state index in [9.17, 15) is 0 Å². The van der Waals surface area contributed by atoms with Crippen molar-refractivity contribution in [3.05, 3.63) is 70.8 Å². The van der Waals surface area contributed by atoms with Crippen LogP contribution < -0.4 is 5.32 Å². The van der Waals surface area contributed by atoms with E-state index in [1.165, 1.54) is 22.3 Å². The van der Waals surface area contributed by atoms with Crippen molar-refractivity contribution in [1.82, 2.24) is 5.32 Å². The van der Waals surface area contributed by atoms with Crippen molar-refractivity contribution in [3.63, 3.8) is 0 Å². The molecule has 0 spiro atoms. The SMILES string of the molecule is CCNCC(Cc1ccc(C)cc1)Cc1cccc(C)c1. The molecule has 21 heavy (non-hydrogen) atoms. The van der Waals surface area contributed by atoms with Gasteiger partial charge in [0.05, 0.1) is 0 Å². The molecule has 1 nitrogen and oxygen atoms in total. The van der Waals surface area contributed by atoms with Crippen LogP contribution in [0.3, 0.4) is 0 Å². The average molecular weight is 281 g/mol. The van der Waals surface area contributed by atoms with E-state index in [0.29, 0.717) is 5.92 Å². The summed E-state index contributed by atoms with van der Waals surface area (Å²) in [5.74, 6) is 0.648. The fourth-order valence-electron chi connectivity index (χ4n) is 2.79. The Morgan fingerprint density at radius 2 is 1.57 bits per heavy atom. The van der Waals surface area contributed by atoms with Crippen molar-refractivity contribution >= 4 is 0 Å². The highest BCUT2D eigenvalue weighted by Crippen LogP contribution is 2.16. The lowest BCUT2D eigenvalue weighted by Gasteiger charge is -2.18. The highest BCUT2D eigenvalue weighted by molar-refractivity contribution is 5.24. The first-order chi connectivity index (χ1) is 10.2. The molecular weight excluding hydrogens is 254 g/mol. The van der Waals surface area contributed by atoms with Gasteiger partial charge in [-0.25, -0.2) is 0 Å². The quantitative estimate of drug-likeness (QED) is 0.797. The molecule has 0 aliphatic rings. The molecule has 0 bridgehead atoms. The van der Waals surface area contributed by atoms with Crippen molar-refractivity contribution in [2.75, 3.05) is 13.1 Å². The van der Waals surface area contributed by atoms with Crippen molar-refractivity contribution in [3.8, 4) is 0 Å². The third-order valence-corrected chi connectivity index (χ3v) is 3.93. The van der Waals surface area contributed by atoms with E-state index < -0.39 is 0 Å². The smallest absolute Gasteiger partial charge is 0.00143 e. The van der Waals surface area contributed by atoms with Gasteiger partial charge in [-0.2, -0.15) is 0 Å². The number of aryl methyl sites for hydroxylation is 2. The first-order valence-corrected chi connectivity index (χ1v) is 7.99. The Labute approximate surface area is 129 Å². The number of benzene rings is 2. The molecule has 2 aromatic rings. The molecule has 0 aromatic heterocycles. The van der Waals surface area contributed by atoms with Crippen LogP contribution in [0, 0.1) is 19.8 Å². The van der Waals surface area contributed by atoms with Gasteiger partial charge in [-0.15, -0.1) is 0 Å². The summed E-state index contributed by atoms with van der Waals surface area (Å²) in [6.07, 6.45) is 2.28. The topological polar surface area (TPSA) is 12.0 Å². The average Bonchev–Trinajstić information content (AvgIpc) is 2.47. The van der Waals surface area contributed by atoms with Crippen molar-refractivity contribution in [1.29, 1.82) is 0 Å². The number of hydrogen-bond acceptors (Lipinski definition) is 1. The fourth-order valence-corrected chi connectivity index (χ4v) is 2.79. The molecule has 0 amide bonds. The molecule has 2 rings (SSSR count). The van der Waals surface area contributed by atoms with Gasteiger partial charge in [0, 0.05) is 0 Å². The van der Waals surface area contributed by atoms with Crippen LogP contribution in [0.15, 0.2) is 48.5 Å². The van der Waals surface area contributed by atoms with Crippen LogP contribution in [0.25, 0.3) is 0 Å². The van der Waals surface area contributed by atoms with E-state index in [-0.39, 0.29) is 0 Å². The van der Waals surface area contributed by atoms with E-state index in [4.69, 9.17) is 0 Å². The van der Waals surface area contributed by atoms with Gasteiger partial charge in [-0.3, -0.25) is 0 Å². The van der Waals surface area contributed by atoms with E-state index in [0.717, 1.165) is 25.9 Å². The number of rotatable bonds is 7. The monoisotopic (exact) mass is 281 g/mol. The highest BCUT2D eigenvalue weighted by Gasteiger charge is 2.10. The lowest BCUT2D eigenvalue weighted by atomic mass is 9.91. The lowest BCUT2D eigenvalue weighted by molar-refractivity contribution is 0.478. The highest BCUT2D eigenvalue weighted by atomic mass is 14.8. The summed E-state index contributed by atoms with van der Waals surface area (Å²) in [6, 6.07) is 17.9. The van der Waals surface area contributed by atoms with Gasteiger partial charge in [-0.1, -0.05) is 66.6 Å². The van der Waals surface area contributed by atoms with Crippen LogP contribution in [-0.4, -0.2) is 13.1 Å². The van der Waals surface area contributed by atoms with Gasteiger partial charge in [0.1, 0.15) is 0 Å². The summed E-state index contributed by atoms with van der Waals surface area (Å²) in [5.41, 5.74) is 5.58. The molecule has 0 saturated carbocycles. The molecule has 1 unspecified atom stereocenters. The molecule has 112 valence electrons. The van der Waals surface area contributed by atoms with E-state index in [1.807, 2.05) is 0 Å². The maximum Gasteiger partial charge on any atom is -0.00143 e. The van der Waals surface area contributed by atoms with Crippen molar-refractivity contribution in [2.24, 2.45) is 5.92 Å². The zero-order chi connectivity index (χ0) is 15.1. The van der Waals surface area contributed by atoms with Crippen molar-refractivity contribution in [2.45, 2.75) is 33.6 Å². The zero-order valence-electron chi connectivity index (χ0n) is 13.5. The summed E-state index contributed by atoms with van der Waals surface area (Å²) in [5, 5.41) is 3.51. The van der Waals surface area contributed by atoms with Crippen LogP contribution in [0.5, 0.6) is 0 Å². The Hall–Kier alpha value is -1.60. The van der Waals surface area contributed by atoms with Gasteiger partial charge in [0.25, 0.3) is 0 Å². The van der Waals surface area contributed by atoms with Gasteiger partial charge in [0.2, 0.25) is 0 Å². The van der Waals surface area contributed by atoms with E-state index >= 15 is 0 Å². The van der Waals surface area contributed by atoms with Gasteiger partial charge >= 0.3 is 0 Å². The predicted octanol–water partition coefficient (Wildman–Crippen LogP) is 4.31. The summed E-state index contributed by atoms with van der Waals surface area (Å²) < 4.78 is 0. The number of hydrogen-bond donors (Lipinski definition) is 1. The summed E-state index contributed by atoms with van der Waals surface area (Å²) >= 11 is 0. The second-order valence-corrected chi connectivity index (χ2v) is 6.06. The Morgan fingerprint density at radius 1 is 0.857 bits per heavy atom. The van der Waals surface area contributed by atoms with E-state index in [2.05, 4.69) is 74.6 Å². The summed E-state index contributed by atoms with van der Waals surface area (Å²) in [6.45, 7) is 8.61. The predicted molar refractivity (Wildman–Crippen MR) is 91.8 cm³/mol. The molecule has 1 atom stereocenters. The second kappa shape index (κ2) is 7.99. The molecule has 0 heterocycles. The maximum absolute atomic E-state index is 3.51. The van der Waals surface area contributed by atoms with Crippen LogP contribution >= 0.6 is 0 Å².